The van der Waals surface area contributed by atoms with Gasteiger partial charge < -0.3 is 10.5 Å². The van der Waals surface area contributed by atoms with Crippen molar-refractivity contribution in [1.29, 1.82) is 0 Å². The first-order chi connectivity index (χ1) is 4.30. The number of ether oxygens (including phenoxy) is 1. The predicted molar refractivity (Wildman–Crippen MR) is 44.5 cm³/mol. The lowest BCUT2D eigenvalue weighted by Gasteiger charge is -2.25. The Morgan fingerprint density at radius 3 is 2.50 bits per heavy atom. The molecular weight excluding hydrogens is 150 g/mol. The van der Waals surface area contributed by atoms with Crippen LogP contribution in [-0.2, 0) is 4.74 Å². The molecule has 2 nitrogen and oxygen atoms in total. The highest BCUT2D eigenvalue weighted by molar-refractivity contribution is 5.85. The van der Waals surface area contributed by atoms with E-state index in [0.29, 0.717) is 6.10 Å². The van der Waals surface area contributed by atoms with Gasteiger partial charge >= 0.3 is 0 Å². The Balaban J connectivity index is 0.000000810. The summed E-state index contributed by atoms with van der Waals surface area (Å²) < 4.78 is 5.41. The van der Waals surface area contributed by atoms with Crippen LogP contribution in [0.3, 0.4) is 0 Å². The summed E-state index contributed by atoms with van der Waals surface area (Å²) in [4.78, 5) is 0. The van der Waals surface area contributed by atoms with Gasteiger partial charge in [0.1, 0.15) is 0 Å². The van der Waals surface area contributed by atoms with Gasteiger partial charge in [0.2, 0.25) is 0 Å². The van der Waals surface area contributed by atoms with Crippen molar-refractivity contribution in [2.45, 2.75) is 38.3 Å². The second-order valence-corrected chi connectivity index (χ2v) is 2.76. The molecule has 0 aromatic rings. The van der Waals surface area contributed by atoms with E-state index in [1.54, 1.807) is 0 Å². The highest BCUT2D eigenvalue weighted by Crippen LogP contribution is 2.13. The molecule has 1 fully saturated rings. The molecule has 1 aliphatic rings. The summed E-state index contributed by atoms with van der Waals surface area (Å²) in [5.74, 6) is 0. The zero-order valence-electron chi connectivity index (χ0n) is 6.38. The van der Waals surface area contributed by atoms with Gasteiger partial charge in [0.15, 0.2) is 0 Å². The number of hydrogen-bond donors (Lipinski definition) is 1. The minimum atomic E-state index is 0. The van der Waals surface area contributed by atoms with Crippen molar-refractivity contribution in [2.75, 3.05) is 6.61 Å². The summed E-state index contributed by atoms with van der Waals surface area (Å²) in [6.45, 7) is 2.92. The Morgan fingerprint density at radius 2 is 2.20 bits per heavy atom. The zero-order valence-corrected chi connectivity index (χ0v) is 7.19. The van der Waals surface area contributed by atoms with Gasteiger partial charge in [-0.25, -0.2) is 0 Å². The quantitative estimate of drug-likeness (QED) is 0.636. The lowest BCUT2D eigenvalue weighted by Crippen LogP contribution is -2.36. The van der Waals surface area contributed by atoms with E-state index in [9.17, 15) is 0 Å². The number of halogens is 1. The van der Waals surface area contributed by atoms with E-state index < -0.39 is 0 Å². The van der Waals surface area contributed by atoms with Crippen LogP contribution in [0.4, 0.5) is 0 Å². The van der Waals surface area contributed by atoms with Crippen LogP contribution in [0.15, 0.2) is 0 Å². The number of nitrogens with two attached hydrogens (primary N) is 1. The second-order valence-electron chi connectivity index (χ2n) is 2.76. The maximum Gasteiger partial charge on any atom is 0.0723 e. The third-order valence-electron chi connectivity index (χ3n) is 1.80. The summed E-state index contributed by atoms with van der Waals surface area (Å²) in [6, 6.07) is 0.213. The molecule has 0 amide bonds. The van der Waals surface area contributed by atoms with Crippen LogP contribution in [0.2, 0.25) is 0 Å². The van der Waals surface area contributed by atoms with Crippen molar-refractivity contribution in [3.63, 3.8) is 0 Å². The molecule has 0 radical (unpaired) electrons. The molecule has 1 aliphatic heterocycles. The highest BCUT2D eigenvalue weighted by Gasteiger charge is 2.16. The van der Waals surface area contributed by atoms with Crippen molar-refractivity contribution in [3.05, 3.63) is 0 Å². The van der Waals surface area contributed by atoms with E-state index in [0.717, 1.165) is 13.0 Å². The minimum absolute atomic E-state index is 0. The van der Waals surface area contributed by atoms with Gasteiger partial charge in [-0.2, -0.15) is 0 Å². The van der Waals surface area contributed by atoms with Crippen LogP contribution in [-0.4, -0.2) is 18.8 Å². The van der Waals surface area contributed by atoms with Gasteiger partial charge in [0, 0.05) is 12.6 Å². The first-order valence-electron chi connectivity index (χ1n) is 3.68. The molecule has 1 saturated heterocycles. The molecule has 2 atom stereocenters. The molecule has 1 rings (SSSR count). The normalized spacial score (nSPS) is 28.8. The Kier molecular flexibility index (Phi) is 5.04. The largest absolute Gasteiger partial charge is 0.377 e. The monoisotopic (exact) mass is 165 g/mol. The second kappa shape index (κ2) is 4.94. The molecule has 1 unspecified atom stereocenters. The number of rotatable bonds is 1. The molecule has 0 saturated carbocycles. The fourth-order valence-electron chi connectivity index (χ4n) is 1.18. The molecule has 1 heterocycles. The average molecular weight is 166 g/mol. The fourth-order valence-corrected chi connectivity index (χ4v) is 1.18. The molecule has 0 aromatic carbocycles. The summed E-state index contributed by atoms with van der Waals surface area (Å²) in [6.07, 6.45) is 3.98. The molecule has 0 bridgehead atoms. The summed E-state index contributed by atoms with van der Waals surface area (Å²) in [5.41, 5.74) is 5.64. The molecule has 10 heavy (non-hydrogen) atoms. The van der Waals surface area contributed by atoms with Crippen LogP contribution in [0.1, 0.15) is 26.2 Å². The van der Waals surface area contributed by atoms with Gasteiger partial charge in [0.05, 0.1) is 6.10 Å². The van der Waals surface area contributed by atoms with E-state index in [2.05, 4.69) is 0 Å². The van der Waals surface area contributed by atoms with E-state index in [4.69, 9.17) is 10.5 Å². The summed E-state index contributed by atoms with van der Waals surface area (Å²) >= 11 is 0. The van der Waals surface area contributed by atoms with Gasteiger partial charge in [-0.05, 0) is 26.2 Å². The third-order valence-corrected chi connectivity index (χ3v) is 1.80. The van der Waals surface area contributed by atoms with Crippen LogP contribution >= 0.6 is 12.4 Å². The Bertz CT molecular complexity index is 81.7. The minimum Gasteiger partial charge on any atom is -0.377 e. The van der Waals surface area contributed by atoms with Crippen LogP contribution < -0.4 is 5.73 Å². The van der Waals surface area contributed by atoms with Crippen molar-refractivity contribution in [2.24, 2.45) is 5.73 Å². The average Bonchev–Trinajstić information content (AvgIpc) is 1.90. The Morgan fingerprint density at radius 1 is 1.50 bits per heavy atom. The van der Waals surface area contributed by atoms with Gasteiger partial charge in [-0.3, -0.25) is 0 Å². The molecule has 62 valence electrons. The molecule has 0 aliphatic carbocycles. The standard InChI is InChI=1S/C7H15NO.ClH/c1-6(8)7-4-2-3-5-9-7;/h6-7H,2-5,8H2,1H3;1H/t6-,7?;/m0./s1. The SMILES string of the molecule is C[C@H](N)C1CCCCO1.Cl. The molecule has 3 heteroatoms. The first-order valence-corrected chi connectivity index (χ1v) is 3.68. The fraction of sp³-hybridized carbons (Fsp3) is 1.00. The predicted octanol–water partition coefficient (Wildman–Crippen LogP) is 1.32. The first kappa shape index (κ1) is 10.2. The van der Waals surface area contributed by atoms with Gasteiger partial charge in [-0.1, -0.05) is 0 Å². The van der Waals surface area contributed by atoms with E-state index in [1.165, 1.54) is 12.8 Å². The van der Waals surface area contributed by atoms with Crippen LogP contribution in [0.5, 0.6) is 0 Å². The lowest BCUT2D eigenvalue weighted by molar-refractivity contribution is 0.00403. The Hall–Kier alpha value is 0.210. The van der Waals surface area contributed by atoms with E-state index in [-0.39, 0.29) is 18.4 Å². The highest BCUT2D eigenvalue weighted by atomic mass is 35.5. The maximum atomic E-state index is 5.64. The maximum absolute atomic E-state index is 5.64. The van der Waals surface area contributed by atoms with E-state index in [1.807, 2.05) is 6.92 Å². The molecule has 2 N–H and O–H groups in total. The van der Waals surface area contributed by atoms with Crippen molar-refractivity contribution < 1.29 is 4.74 Å². The zero-order chi connectivity index (χ0) is 6.69. The molecular formula is C7H16ClNO. The van der Waals surface area contributed by atoms with Gasteiger partial charge in [-0.15, -0.1) is 12.4 Å². The van der Waals surface area contributed by atoms with E-state index >= 15 is 0 Å². The molecule has 0 spiro atoms. The smallest absolute Gasteiger partial charge is 0.0723 e. The van der Waals surface area contributed by atoms with Crippen LogP contribution in [0.25, 0.3) is 0 Å². The van der Waals surface area contributed by atoms with Crippen molar-refractivity contribution >= 4 is 12.4 Å². The summed E-state index contributed by atoms with van der Waals surface area (Å²) in [5, 5.41) is 0. The third kappa shape index (κ3) is 2.86. The summed E-state index contributed by atoms with van der Waals surface area (Å²) in [7, 11) is 0. The topological polar surface area (TPSA) is 35.2 Å². The van der Waals surface area contributed by atoms with Crippen molar-refractivity contribution in [3.8, 4) is 0 Å². The van der Waals surface area contributed by atoms with Crippen molar-refractivity contribution in [1.82, 2.24) is 0 Å². The Labute approximate surface area is 68.5 Å². The lowest BCUT2D eigenvalue weighted by atomic mass is 10.0. The molecule has 0 aromatic heterocycles. The number of hydrogen-bond acceptors (Lipinski definition) is 2. The van der Waals surface area contributed by atoms with Crippen LogP contribution in [0, 0.1) is 0 Å². The van der Waals surface area contributed by atoms with Gasteiger partial charge in [0.25, 0.3) is 0 Å².